The monoisotopic (exact) mass is 363 g/mol. The molecule has 0 spiro atoms. The van der Waals surface area contributed by atoms with Crippen LogP contribution >= 0.6 is 0 Å². The molecule has 0 radical (unpaired) electrons. The maximum Gasteiger partial charge on any atom is 0.225 e. The van der Waals surface area contributed by atoms with Crippen LogP contribution in [0, 0.1) is 5.92 Å². The van der Waals surface area contributed by atoms with Crippen LogP contribution in [0.25, 0.3) is 11.3 Å². The number of piperidine rings is 1. The van der Waals surface area contributed by atoms with Gasteiger partial charge in [-0.1, -0.05) is 6.07 Å². The molecule has 5 rings (SSSR count). The molecule has 2 bridgehead atoms. The highest BCUT2D eigenvalue weighted by atomic mass is 16.5. The third-order valence-electron chi connectivity index (χ3n) is 6.05. The number of fused-ring (bicyclic) bond motifs is 3. The van der Waals surface area contributed by atoms with Crippen LogP contribution < -0.4 is 15.4 Å². The van der Waals surface area contributed by atoms with Gasteiger partial charge >= 0.3 is 0 Å². The number of nitrogens with zero attached hydrogens (tertiary/aromatic N) is 1. The number of hydrogen-bond acceptors (Lipinski definition) is 4. The number of amides is 1. The van der Waals surface area contributed by atoms with E-state index in [0.717, 1.165) is 42.9 Å². The topological polar surface area (TPSA) is 63.2 Å². The van der Waals surface area contributed by atoms with E-state index in [0.29, 0.717) is 30.2 Å². The van der Waals surface area contributed by atoms with E-state index in [1.807, 2.05) is 30.3 Å². The predicted octanol–water partition coefficient (Wildman–Crippen LogP) is 3.54. The molecular formula is C22H25N3O2. The van der Waals surface area contributed by atoms with Crippen molar-refractivity contribution in [3.63, 3.8) is 0 Å². The number of anilines is 1. The number of nitrogens with one attached hydrogen (secondary N) is 2. The zero-order chi connectivity index (χ0) is 18.2. The number of ether oxygens (including phenoxy) is 1. The fraction of sp³-hybridized carbons (Fsp3) is 0.455. The van der Waals surface area contributed by atoms with E-state index in [2.05, 4.69) is 21.7 Å². The van der Waals surface area contributed by atoms with Gasteiger partial charge in [-0.15, -0.1) is 0 Å². The first-order valence-electron chi connectivity index (χ1n) is 10.0. The molecule has 5 nitrogen and oxygen atoms in total. The van der Waals surface area contributed by atoms with E-state index in [4.69, 9.17) is 4.74 Å². The van der Waals surface area contributed by atoms with E-state index in [1.54, 1.807) is 0 Å². The van der Waals surface area contributed by atoms with Crippen molar-refractivity contribution >= 4 is 11.7 Å². The Bertz CT molecular complexity index is 854. The van der Waals surface area contributed by atoms with Crippen molar-refractivity contribution in [3.05, 3.63) is 42.0 Å². The summed E-state index contributed by atoms with van der Waals surface area (Å²) >= 11 is 0. The standard InChI is InChI=1S/C22H25N3O2/c26-22(12-14-10-17-5-6-18(11-14)23-17)25-21-3-1-2-19(24-21)15-4-7-20-16(13-15)8-9-27-20/h1-4,7,13-14,17-18,23H,5-6,8-12H2,(H,24,25,26). The van der Waals surface area contributed by atoms with Crippen molar-refractivity contribution in [1.82, 2.24) is 10.3 Å². The van der Waals surface area contributed by atoms with E-state index in [9.17, 15) is 4.79 Å². The number of hydrogen-bond donors (Lipinski definition) is 2. The molecule has 5 heteroatoms. The number of carbonyl (C=O) groups excluding carboxylic acids is 1. The first kappa shape index (κ1) is 16.8. The summed E-state index contributed by atoms with van der Waals surface area (Å²) < 4.78 is 5.58. The Labute approximate surface area is 159 Å². The molecule has 2 aromatic rings. The summed E-state index contributed by atoms with van der Waals surface area (Å²) in [6.07, 6.45) is 6.30. The Morgan fingerprint density at radius 2 is 2.04 bits per heavy atom. The Hall–Kier alpha value is -2.40. The molecule has 27 heavy (non-hydrogen) atoms. The maximum atomic E-state index is 12.5. The van der Waals surface area contributed by atoms with E-state index in [1.165, 1.54) is 18.4 Å². The van der Waals surface area contributed by atoms with Crippen LogP contribution in [0.15, 0.2) is 36.4 Å². The summed E-state index contributed by atoms with van der Waals surface area (Å²) in [5, 5.41) is 6.64. The van der Waals surface area contributed by atoms with Crippen molar-refractivity contribution in [2.24, 2.45) is 5.92 Å². The van der Waals surface area contributed by atoms with Crippen molar-refractivity contribution in [1.29, 1.82) is 0 Å². The maximum absolute atomic E-state index is 12.5. The summed E-state index contributed by atoms with van der Waals surface area (Å²) in [5.41, 5.74) is 3.16. The molecule has 3 aliphatic heterocycles. The summed E-state index contributed by atoms with van der Waals surface area (Å²) in [7, 11) is 0. The fourth-order valence-electron chi connectivity index (χ4n) is 4.81. The number of benzene rings is 1. The zero-order valence-corrected chi connectivity index (χ0v) is 15.4. The second-order valence-corrected chi connectivity index (χ2v) is 8.06. The van der Waals surface area contributed by atoms with Gasteiger partial charge in [0.2, 0.25) is 5.91 Å². The highest BCUT2D eigenvalue weighted by molar-refractivity contribution is 5.90. The van der Waals surface area contributed by atoms with Crippen molar-refractivity contribution in [2.75, 3.05) is 11.9 Å². The molecule has 2 N–H and O–H groups in total. The Morgan fingerprint density at radius 3 is 2.89 bits per heavy atom. The van der Waals surface area contributed by atoms with Crippen LogP contribution in [0.2, 0.25) is 0 Å². The molecule has 0 aliphatic carbocycles. The molecule has 1 aromatic heterocycles. The lowest BCUT2D eigenvalue weighted by molar-refractivity contribution is -0.117. The fourth-order valence-corrected chi connectivity index (χ4v) is 4.81. The van der Waals surface area contributed by atoms with Gasteiger partial charge in [-0.3, -0.25) is 4.79 Å². The van der Waals surface area contributed by atoms with E-state index in [-0.39, 0.29) is 5.91 Å². The van der Waals surface area contributed by atoms with Gasteiger partial charge in [-0.25, -0.2) is 4.98 Å². The highest BCUT2D eigenvalue weighted by Gasteiger charge is 2.34. The summed E-state index contributed by atoms with van der Waals surface area (Å²) in [6, 6.07) is 13.2. The van der Waals surface area contributed by atoms with Crippen molar-refractivity contribution in [2.45, 2.75) is 50.6 Å². The van der Waals surface area contributed by atoms with Crippen molar-refractivity contribution in [3.8, 4) is 17.0 Å². The smallest absolute Gasteiger partial charge is 0.225 e. The minimum Gasteiger partial charge on any atom is -0.493 e. The van der Waals surface area contributed by atoms with Gasteiger partial charge in [0.05, 0.1) is 12.3 Å². The van der Waals surface area contributed by atoms with Gasteiger partial charge in [-0.2, -0.15) is 0 Å². The SMILES string of the molecule is O=C(CC1CC2CCC(C1)N2)Nc1cccc(-c2ccc3c(c2)CCO3)n1. The molecule has 140 valence electrons. The summed E-state index contributed by atoms with van der Waals surface area (Å²) in [4.78, 5) is 17.2. The minimum atomic E-state index is 0.0771. The molecule has 2 atom stereocenters. The first-order chi connectivity index (χ1) is 13.2. The molecular weight excluding hydrogens is 338 g/mol. The normalized spacial score (nSPS) is 25.7. The number of pyridine rings is 1. The second kappa shape index (κ2) is 6.97. The minimum absolute atomic E-state index is 0.0771. The van der Waals surface area contributed by atoms with Gasteiger partial charge in [0, 0.05) is 30.5 Å². The zero-order valence-electron chi connectivity index (χ0n) is 15.4. The molecule has 2 unspecified atom stereocenters. The van der Waals surface area contributed by atoms with Gasteiger partial charge in [0.25, 0.3) is 0 Å². The summed E-state index contributed by atoms with van der Waals surface area (Å²) in [5.74, 6) is 2.17. The molecule has 0 saturated carbocycles. The third-order valence-corrected chi connectivity index (χ3v) is 6.05. The van der Waals surface area contributed by atoms with Crippen LogP contribution in [-0.2, 0) is 11.2 Å². The van der Waals surface area contributed by atoms with E-state index < -0.39 is 0 Å². The van der Waals surface area contributed by atoms with Crippen LogP contribution in [0.1, 0.15) is 37.7 Å². The number of rotatable bonds is 4. The Morgan fingerprint density at radius 1 is 1.19 bits per heavy atom. The molecule has 1 amide bonds. The largest absolute Gasteiger partial charge is 0.493 e. The van der Waals surface area contributed by atoms with Crippen LogP contribution in [-0.4, -0.2) is 29.6 Å². The van der Waals surface area contributed by atoms with Crippen LogP contribution in [0.3, 0.4) is 0 Å². The van der Waals surface area contributed by atoms with Gasteiger partial charge < -0.3 is 15.4 Å². The molecule has 1 aromatic carbocycles. The average Bonchev–Trinajstić information content (AvgIpc) is 3.27. The van der Waals surface area contributed by atoms with Gasteiger partial charge in [-0.05, 0) is 67.5 Å². The Balaban J connectivity index is 1.26. The second-order valence-electron chi connectivity index (χ2n) is 8.06. The number of carbonyl (C=O) groups is 1. The van der Waals surface area contributed by atoms with Crippen LogP contribution in [0.4, 0.5) is 5.82 Å². The summed E-state index contributed by atoms with van der Waals surface area (Å²) in [6.45, 7) is 0.751. The predicted molar refractivity (Wildman–Crippen MR) is 105 cm³/mol. The third kappa shape index (κ3) is 3.56. The van der Waals surface area contributed by atoms with Crippen LogP contribution in [0.5, 0.6) is 5.75 Å². The molecule has 2 saturated heterocycles. The van der Waals surface area contributed by atoms with Crippen molar-refractivity contribution < 1.29 is 9.53 Å². The van der Waals surface area contributed by atoms with Gasteiger partial charge in [0.15, 0.2) is 0 Å². The quantitative estimate of drug-likeness (QED) is 0.872. The molecule has 2 fully saturated rings. The lowest BCUT2D eigenvalue weighted by atomic mass is 9.89. The highest BCUT2D eigenvalue weighted by Crippen LogP contribution is 2.33. The molecule has 3 aliphatic rings. The lowest BCUT2D eigenvalue weighted by Crippen LogP contribution is -2.39. The van der Waals surface area contributed by atoms with Gasteiger partial charge in [0.1, 0.15) is 11.6 Å². The van der Waals surface area contributed by atoms with E-state index >= 15 is 0 Å². The number of aromatic nitrogens is 1. The lowest BCUT2D eigenvalue weighted by Gasteiger charge is -2.28. The Kier molecular flexibility index (Phi) is 4.32. The average molecular weight is 363 g/mol. The first-order valence-corrected chi connectivity index (χ1v) is 10.0. The molecule has 4 heterocycles.